The molecule has 1 N–H and O–H groups in total. The van der Waals surface area contributed by atoms with Gasteiger partial charge in [-0.15, -0.1) is 0 Å². The Labute approximate surface area is 194 Å². The van der Waals surface area contributed by atoms with Gasteiger partial charge in [0.2, 0.25) is 11.8 Å². The predicted octanol–water partition coefficient (Wildman–Crippen LogP) is 1.93. The molecule has 0 spiro atoms. The number of amides is 2. The molecule has 2 aliphatic heterocycles. The number of alkyl halides is 1. The molecule has 0 radical (unpaired) electrons. The monoisotopic (exact) mass is 462 g/mol. The zero-order valence-corrected chi connectivity index (χ0v) is 19.5. The Hall–Kier alpha value is -2.21. The van der Waals surface area contributed by atoms with Gasteiger partial charge in [-0.25, -0.2) is 4.39 Å². The van der Waals surface area contributed by atoms with E-state index >= 15 is 0 Å². The van der Waals surface area contributed by atoms with Crippen LogP contribution >= 0.6 is 0 Å². The smallest absolute Gasteiger partial charge is 0.310 e. The Morgan fingerprint density at radius 3 is 2.48 bits per heavy atom. The van der Waals surface area contributed by atoms with Crippen LogP contribution in [0, 0.1) is 22.7 Å². The van der Waals surface area contributed by atoms with Crippen molar-refractivity contribution in [2.45, 2.75) is 82.5 Å². The van der Waals surface area contributed by atoms with Crippen LogP contribution in [0.3, 0.4) is 0 Å². The highest BCUT2D eigenvalue weighted by Crippen LogP contribution is 2.53. The molecular weight excluding hydrogens is 427 g/mol. The quantitative estimate of drug-likeness (QED) is 0.605. The summed E-state index contributed by atoms with van der Waals surface area (Å²) in [6.45, 7) is 3.38. The van der Waals surface area contributed by atoms with Crippen molar-refractivity contribution in [1.82, 2.24) is 15.1 Å². The van der Waals surface area contributed by atoms with Gasteiger partial charge in [0.1, 0.15) is 12.2 Å². The molecule has 0 aromatic rings. The molecule has 2 heterocycles. The van der Waals surface area contributed by atoms with Gasteiger partial charge in [-0.1, -0.05) is 0 Å². The number of halogens is 1. The summed E-state index contributed by atoms with van der Waals surface area (Å²) >= 11 is 0. The summed E-state index contributed by atoms with van der Waals surface area (Å²) in [4.78, 5) is 41.6. The van der Waals surface area contributed by atoms with Gasteiger partial charge in [-0.05, 0) is 58.3 Å². The molecule has 9 heteroatoms. The first-order chi connectivity index (χ1) is 15.8. The highest BCUT2D eigenvalue weighted by atomic mass is 19.1. The summed E-state index contributed by atoms with van der Waals surface area (Å²) < 4.78 is 18.8. The SMILES string of the molecule is CCOC(=O)C1CCCN(C(=O)C23CCC(NCC(=O)N4C[C@H](F)CC4C#N)(CC2)CC3)C1. The van der Waals surface area contributed by atoms with Gasteiger partial charge in [0.15, 0.2) is 0 Å². The van der Waals surface area contributed by atoms with Gasteiger partial charge in [0.05, 0.1) is 31.7 Å². The fourth-order valence-corrected chi connectivity index (χ4v) is 6.27. The summed E-state index contributed by atoms with van der Waals surface area (Å²) in [6.07, 6.45) is 5.29. The van der Waals surface area contributed by atoms with Crippen LogP contribution in [0.4, 0.5) is 4.39 Å². The minimum atomic E-state index is -1.13. The number of nitrogens with zero attached hydrogens (tertiary/aromatic N) is 3. The molecule has 0 aromatic carbocycles. The van der Waals surface area contributed by atoms with Crippen molar-refractivity contribution >= 4 is 17.8 Å². The number of nitrogens with one attached hydrogen (secondary N) is 1. The van der Waals surface area contributed by atoms with E-state index in [1.807, 2.05) is 11.0 Å². The first-order valence-corrected chi connectivity index (χ1v) is 12.4. The van der Waals surface area contributed by atoms with Gasteiger partial charge in [0, 0.05) is 30.5 Å². The van der Waals surface area contributed by atoms with E-state index in [-0.39, 0.29) is 54.2 Å². The Bertz CT molecular complexity index is 803. The van der Waals surface area contributed by atoms with E-state index in [0.29, 0.717) is 19.7 Å². The highest BCUT2D eigenvalue weighted by Gasteiger charge is 2.54. The van der Waals surface area contributed by atoms with Crippen molar-refractivity contribution in [1.29, 1.82) is 5.26 Å². The molecule has 3 saturated carbocycles. The zero-order valence-electron chi connectivity index (χ0n) is 19.5. The number of carbonyl (C=O) groups excluding carboxylic acids is 3. The second-order valence-corrected chi connectivity index (χ2v) is 10.3. The second kappa shape index (κ2) is 9.57. The van der Waals surface area contributed by atoms with Crippen LogP contribution in [0.2, 0.25) is 0 Å². The van der Waals surface area contributed by atoms with Crippen LogP contribution in [0.1, 0.15) is 64.7 Å². The van der Waals surface area contributed by atoms with Crippen LogP contribution in [-0.2, 0) is 19.1 Å². The topological polar surface area (TPSA) is 103 Å². The maximum atomic E-state index is 13.7. The molecule has 5 fully saturated rings. The highest BCUT2D eigenvalue weighted by molar-refractivity contribution is 5.84. The fourth-order valence-electron chi connectivity index (χ4n) is 6.27. The van der Waals surface area contributed by atoms with Crippen LogP contribution < -0.4 is 5.32 Å². The number of likely N-dealkylation sites (tertiary alicyclic amines) is 2. The van der Waals surface area contributed by atoms with E-state index < -0.39 is 12.2 Å². The number of nitriles is 1. The molecule has 8 nitrogen and oxygen atoms in total. The van der Waals surface area contributed by atoms with E-state index in [4.69, 9.17) is 4.74 Å². The molecular formula is C24H35FN4O4. The van der Waals surface area contributed by atoms with Gasteiger partial charge >= 0.3 is 5.97 Å². The minimum absolute atomic E-state index is 0.00796. The number of hydrogen-bond acceptors (Lipinski definition) is 6. The summed E-state index contributed by atoms with van der Waals surface area (Å²) in [6, 6.07) is 1.34. The third-order valence-electron chi connectivity index (χ3n) is 8.36. The van der Waals surface area contributed by atoms with Crippen LogP contribution in [0.5, 0.6) is 0 Å². The molecule has 2 saturated heterocycles. The number of rotatable bonds is 6. The standard InChI is InChI=1S/C24H35FN4O4/c1-2-33-21(31)17-4-3-11-28(15-17)22(32)23-5-8-24(9-6-23,10-7-23)27-14-20(30)29-16-18(25)12-19(29)13-26/h17-19,27H,2-12,14-16H2,1H3/t17?,18-,19?,23?,24?/m1/s1. The van der Waals surface area contributed by atoms with Gasteiger partial charge in [0.25, 0.3) is 0 Å². The number of hydrogen-bond donors (Lipinski definition) is 1. The Balaban J connectivity index is 1.31. The molecule has 3 atom stereocenters. The largest absolute Gasteiger partial charge is 0.466 e. The lowest BCUT2D eigenvalue weighted by Crippen LogP contribution is -2.61. The van der Waals surface area contributed by atoms with Crippen molar-refractivity contribution in [3.8, 4) is 6.07 Å². The average Bonchev–Trinajstić information content (AvgIpc) is 3.24. The number of fused-ring (bicyclic) bond motifs is 3. The Kier molecular flexibility index (Phi) is 6.94. The molecule has 2 amide bonds. The lowest BCUT2D eigenvalue weighted by atomic mass is 9.56. The number of ether oxygens (including phenoxy) is 1. The summed E-state index contributed by atoms with van der Waals surface area (Å²) in [7, 11) is 0. The first-order valence-electron chi connectivity index (χ1n) is 12.4. The number of esters is 1. The van der Waals surface area contributed by atoms with Crippen molar-refractivity contribution in [3.63, 3.8) is 0 Å². The lowest BCUT2D eigenvalue weighted by Gasteiger charge is -2.54. The van der Waals surface area contributed by atoms with Gasteiger partial charge in [-0.3, -0.25) is 14.4 Å². The third-order valence-corrected chi connectivity index (χ3v) is 8.36. The maximum Gasteiger partial charge on any atom is 0.310 e. The number of piperidine rings is 1. The summed E-state index contributed by atoms with van der Waals surface area (Å²) in [5.74, 6) is -0.496. The zero-order chi connectivity index (χ0) is 23.6. The predicted molar refractivity (Wildman–Crippen MR) is 117 cm³/mol. The molecule has 33 heavy (non-hydrogen) atoms. The molecule has 3 aliphatic carbocycles. The average molecular weight is 463 g/mol. The van der Waals surface area contributed by atoms with E-state index in [2.05, 4.69) is 5.32 Å². The van der Waals surface area contributed by atoms with Crippen LogP contribution in [0.25, 0.3) is 0 Å². The third kappa shape index (κ3) is 4.72. The van der Waals surface area contributed by atoms with Crippen molar-refractivity contribution in [2.75, 3.05) is 32.8 Å². The minimum Gasteiger partial charge on any atom is -0.466 e. The van der Waals surface area contributed by atoms with Crippen LogP contribution in [-0.4, -0.2) is 78.1 Å². The van der Waals surface area contributed by atoms with Crippen LogP contribution in [0.15, 0.2) is 0 Å². The Morgan fingerprint density at radius 1 is 1.15 bits per heavy atom. The summed E-state index contributed by atoms with van der Waals surface area (Å²) in [5, 5.41) is 12.6. The number of carbonyl (C=O) groups is 3. The van der Waals surface area contributed by atoms with E-state index in [9.17, 15) is 24.0 Å². The molecule has 5 rings (SSSR count). The van der Waals surface area contributed by atoms with Gasteiger partial charge in [-0.2, -0.15) is 5.26 Å². The molecule has 5 aliphatic rings. The molecule has 0 aromatic heterocycles. The summed E-state index contributed by atoms with van der Waals surface area (Å²) in [5.41, 5.74) is -0.545. The molecule has 182 valence electrons. The maximum absolute atomic E-state index is 13.7. The fraction of sp³-hybridized carbons (Fsp3) is 0.833. The van der Waals surface area contributed by atoms with Gasteiger partial charge < -0.3 is 19.9 Å². The van der Waals surface area contributed by atoms with Crippen molar-refractivity contribution in [2.24, 2.45) is 11.3 Å². The molecule has 2 unspecified atom stereocenters. The Morgan fingerprint density at radius 2 is 1.85 bits per heavy atom. The lowest BCUT2D eigenvalue weighted by molar-refractivity contribution is -0.157. The first kappa shape index (κ1) is 23.9. The normalized spacial score (nSPS) is 35.8. The van der Waals surface area contributed by atoms with E-state index in [1.165, 1.54) is 4.90 Å². The van der Waals surface area contributed by atoms with E-state index in [0.717, 1.165) is 51.4 Å². The second-order valence-electron chi connectivity index (χ2n) is 10.3. The van der Waals surface area contributed by atoms with Crippen molar-refractivity contribution in [3.05, 3.63) is 0 Å². The van der Waals surface area contributed by atoms with Crippen molar-refractivity contribution < 1.29 is 23.5 Å². The molecule has 2 bridgehead atoms. The van der Waals surface area contributed by atoms with E-state index in [1.54, 1.807) is 6.92 Å².